The third-order valence-corrected chi connectivity index (χ3v) is 2.69. The number of nitrogens with zero attached hydrogens (tertiary/aromatic N) is 1. The second-order valence-corrected chi connectivity index (χ2v) is 3.68. The predicted octanol–water partition coefficient (Wildman–Crippen LogP) is 1.45. The summed E-state index contributed by atoms with van der Waals surface area (Å²) in [5.74, 6) is 0. The lowest BCUT2D eigenvalue weighted by molar-refractivity contribution is 0.754. The van der Waals surface area contributed by atoms with Crippen molar-refractivity contribution in [2.45, 2.75) is 18.4 Å². The normalized spacial score (nSPS) is 22.3. The van der Waals surface area contributed by atoms with Crippen LogP contribution >= 0.6 is 0 Å². The first kappa shape index (κ1) is 6.29. The maximum absolute atomic E-state index is 4.06. The zero-order valence-electron chi connectivity index (χ0n) is 6.80. The number of pyridine rings is 1. The van der Waals surface area contributed by atoms with E-state index in [1.807, 2.05) is 18.5 Å². The van der Waals surface area contributed by atoms with Gasteiger partial charge in [0.25, 0.3) is 0 Å². The van der Waals surface area contributed by atoms with E-state index >= 15 is 0 Å². The van der Waals surface area contributed by atoms with Gasteiger partial charge in [0.2, 0.25) is 0 Å². The minimum Gasteiger partial charge on any atom is -0.380 e. The molecule has 2 aliphatic rings. The summed E-state index contributed by atoms with van der Waals surface area (Å²) in [4.78, 5) is 4.06. The number of anilines is 2. The van der Waals surface area contributed by atoms with E-state index in [0.29, 0.717) is 5.54 Å². The van der Waals surface area contributed by atoms with Gasteiger partial charge < -0.3 is 10.6 Å². The molecule has 0 amide bonds. The predicted molar refractivity (Wildman–Crippen MR) is 48.3 cm³/mol. The number of rotatable bonds is 0. The van der Waals surface area contributed by atoms with Crippen molar-refractivity contribution in [3.63, 3.8) is 0 Å². The molecular weight excluding hydrogens is 150 g/mol. The van der Waals surface area contributed by atoms with Crippen LogP contribution in [0, 0.1) is 0 Å². The van der Waals surface area contributed by atoms with Crippen molar-refractivity contribution >= 4 is 11.4 Å². The number of hydrogen-bond acceptors (Lipinski definition) is 3. The molecule has 1 aliphatic heterocycles. The average Bonchev–Trinajstić information content (AvgIpc) is 2.85. The van der Waals surface area contributed by atoms with Crippen LogP contribution in [0.4, 0.5) is 11.4 Å². The summed E-state index contributed by atoms with van der Waals surface area (Å²) in [5, 5.41) is 6.94. The van der Waals surface area contributed by atoms with Gasteiger partial charge in [0, 0.05) is 12.7 Å². The minimum absolute atomic E-state index is 0.383. The lowest BCUT2D eigenvalue weighted by Gasteiger charge is -2.27. The summed E-state index contributed by atoms with van der Waals surface area (Å²) in [6.07, 6.45) is 6.29. The van der Waals surface area contributed by atoms with Gasteiger partial charge in [-0.2, -0.15) is 0 Å². The van der Waals surface area contributed by atoms with Crippen molar-refractivity contribution in [3.8, 4) is 0 Å². The van der Waals surface area contributed by atoms with E-state index in [1.54, 1.807) is 0 Å². The highest BCUT2D eigenvalue weighted by Crippen LogP contribution is 2.43. The van der Waals surface area contributed by atoms with E-state index < -0.39 is 0 Å². The molecule has 1 spiro atoms. The Balaban J connectivity index is 2.01. The summed E-state index contributed by atoms with van der Waals surface area (Å²) in [7, 11) is 0. The fourth-order valence-corrected chi connectivity index (χ4v) is 1.69. The second kappa shape index (κ2) is 1.91. The first-order chi connectivity index (χ1) is 5.88. The van der Waals surface area contributed by atoms with E-state index in [9.17, 15) is 0 Å². The van der Waals surface area contributed by atoms with Crippen LogP contribution in [0.25, 0.3) is 0 Å². The molecule has 62 valence electrons. The number of nitrogens with one attached hydrogen (secondary N) is 2. The number of fused-ring (bicyclic) bond motifs is 1. The Morgan fingerprint density at radius 1 is 1.33 bits per heavy atom. The van der Waals surface area contributed by atoms with Crippen LogP contribution in [0.3, 0.4) is 0 Å². The van der Waals surface area contributed by atoms with Gasteiger partial charge in [-0.3, -0.25) is 4.98 Å². The zero-order valence-corrected chi connectivity index (χ0v) is 6.80. The molecule has 1 saturated carbocycles. The van der Waals surface area contributed by atoms with Gasteiger partial charge in [0.15, 0.2) is 0 Å². The van der Waals surface area contributed by atoms with Crippen molar-refractivity contribution in [2.75, 3.05) is 17.2 Å². The highest BCUT2D eigenvalue weighted by Gasteiger charge is 2.44. The number of aromatic nitrogens is 1. The Morgan fingerprint density at radius 2 is 2.25 bits per heavy atom. The van der Waals surface area contributed by atoms with Crippen molar-refractivity contribution in [1.82, 2.24) is 4.98 Å². The van der Waals surface area contributed by atoms with E-state index in [2.05, 4.69) is 15.6 Å². The van der Waals surface area contributed by atoms with Crippen LogP contribution in [-0.4, -0.2) is 17.1 Å². The quantitative estimate of drug-likeness (QED) is 0.604. The van der Waals surface area contributed by atoms with E-state index in [1.165, 1.54) is 18.5 Å². The van der Waals surface area contributed by atoms with Crippen molar-refractivity contribution in [3.05, 3.63) is 18.5 Å². The maximum atomic E-state index is 4.06. The fourth-order valence-electron chi connectivity index (χ4n) is 1.69. The van der Waals surface area contributed by atoms with Gasteiger partial charge in [-0.15, -0.1) is 0 Å². The fraction of sp³-hybridized carbons (Fsp3) is 0.444. The Labute approximate surface area is 71.2 Å². The van der Waals surface area contributed by atoms with Gasteiger partial charge in [-0.1, -0.05) is 0 Å². The molecule has 1 aromatic heterocycles. The van der Waals surface area contributed by atoms with E-state index in [-0.39, 0.29) is 0 Å². The Kier molecular flexibility index (Phi) is 1.00. The molecule has 0 aromatic carbocycles. The largest absolute Gasteiger partial charge is 0.380 e. The molecule has 0 saturated heterocycles. The molecule has 3 heteroatoms. The molecule has 0 unspecified atom stereocenters. The van der Waals surface area contributed by atoms with Crippen LogP contribution in [0.2, 0.25) is 0 Å². The lowest BCUT2D eigenvalue weighted by atomic mass is 10.1. The molecule has 0 atom stereocenters. The SMILES string of the molecule is c1cc2c(cn1)NCC1(CC1)N2. The van der Waals surface area contributed by atoms with Gasteiger partial charge in [-0.25, -0.2) is 0 Å². The van der Waals surface area contributed by atoms with Crippen LogP contribution in [0.15, 0.2) is 18.5 Å². The van der Waals surface area contributed by atoms with Crippen molar-refractivity contribution < 1.29 is 0 Å². The van der Waals surface area contributed by atoms with Crippen molar-refractivity contribution in [2.24, 2.45) is 0 Å². The van der Waals surface area contributed by atoms with E-state index in [0.717, 1.165) is 12.2 Å². The molecule has 1 fully saturated rings. The summed E-state index contributed by atoms with van der Waals surface area (Å²) in [5.41, 5.74) is 2.72. The molecule has 1 aliphatic carbocycles. The van der Waals surface area contributed by atoms with Gasteiger partial charge >= 0.3 is 0 Å². The Bertz CT molecular complexity index is 317. The molecule has 2 heterocycles. The van der Waals surface area contributed by atoms with Gasteiger partial charge in [-0.05, 0) is 18.9 Å². The molecule has 12 heavy (non-hydrogen) atoms. The molecular formula is C9H11N3. The Morgan fingerprint density at radius 3 is 3.08 bits per heavy atom. The highest BCUT2D eigenvalue weighted by atomic mass is 15.1. The average molecular weight is 161 g/mol. The molecule has 0 radical (unpaired) electrons. The third-order valence-electron chi connectivity index (χ3n) is 2.69. The van der Waals surface area contributed by atoms with E-state index in [4.69, 9.17) is 0 Å². The standard InChI is InChI=1S/C9H11N3/c1-4-10-5-8-7(1)12-9(2-3-9)6-11-8/h1,4-5,11-12H,2-3,6H2. The lowest BCUT2D eigenvalue weighted by Crippen LogP contribution is -2.34. The molecule has 2 N–H and O–H groups in total. The minimum atomic E-state index is 0.383. The topological polar surface area (TPSA) is 37.0 Å². The maximum Gasteiger partial charge on any atom is 0.0763 e. The third kappa shape index (κ3) is 0.793. The monoisotopic (exact) mass is 161 g/mol. The first-order valence-corrected chi connectivity index (χ1v) is 4.34. The molecule has 0 bridgehead atoms. The van der Waals surface area contributed by atoms with Crippen LogP contribution in [0.1, 0.15) is 12.8 Å². The molecule has 1 aromatic rings. The smallest absolute Gasteiger partial charge is 0.0763 e. The number of hydrogen-bond donors (Lipinski definition) is 2. The van der Waals surface area contributed by atoms with Crippen LogP contribution in [-0.2, 0) is 0 Å². The second-order valence-electron chi connectivity index (χ2n) is 3.68. The summed E-state index contributed by atoms with van der Waals surface area (Å²) < 4.78 is 0. The van der Waals surface area contributed by atoms with Gasteiger partial charge in [0.05, 0.1) is 23.1 Å². The zero-order chi connectivity index (χ0) is 8.02. The summed E-state index contributed by atoms with van der Waals surface area (Å²) >= 11 is 0. The van der Waals surface area contributed by atoms with Crippen molar-refractivity contribution in [1.29, 1.82) is 0 Å². The summed E-state index contributed by atoms with van der Waals surface area (Å²) in [6.45, 7) is 1.05. The van der Waals surface area contributed by atoms with Crippen LogP contribution < -0.4 is 10.6 Å². The highest BCUT2D eigenvalue weighted by molar-refractivity contribution is 5.71. The van der Waals surface area contributed by atoms with Crippen LogP contribution in [0.5, 0.6) is 0 Å². The molecule has 3 nitrogen and oxygen atoms in total. The first-order valence-electron chi connectivity index (χ1n) is 4.34. The molecule has 3 rings (SSSR count). The Hall–Kier alpha value is -1.25. The summed E-state index contributed by atoms with van der Waals surface area (Å²) in [6, 6.07) is 2.03. The van der Waals surface area contributed by atoms with Gasteiger partial charge in [0.1, 0.15) is 0 Å².